The monoisotopic (exact) mass is 280 g/mol. The molecule has 0 aliphatic heterocycles. The van der Waals surface area contributed by atoms with Gasteiger partial charge in [0.2, 0.25) is 0 Å². The normalized spacial score (nSPS) is 10.2. The summed E-state index contributed by atoms with van der Waals surface area (Å²) in [5.41, 5.74) is 0.515. The number of nitrogens with zero attached hydrogens (tertiary/aromatic N) is 3. The molecule has 0 atom stereocenters. The molecule has 0 saturated heterocycles. The Kier molecular flexibility index (Phi) is 3.48. The highest BCUT2D eigenvalue weighted by Crippen LogP contribution is 2.23. The fraction of sp³-hybridized carbons (Fsp3) is 0.0909. The molecular weight excluding hydrogens is 272 g/mol. The number of hydrogen-bond donors (Lipinski definition) is 1. The van der Waals surface area contributed by atoms with Crippen molar-refractivity contribution in [3.8, 4) is 0 Å². The van der Waals surface area contributed by atoms with Gasteiger partial charge in [-0.1, -0.05) is 11.6 Å². The fourth-order valence-corrected chi connectivity index (χ4v) is 1.75. The lowest BCUT2D eigenvalue weighted by Crippen LogP contribution is -2.12. The molecule has 0 fully saturated rings. The highest BCUT2D eigenvalue weighted by molar-refractivity contribution is 6.34. The van der Waals surface area contributed by atoms with Gasteiger partial charge >= 0.3 is 0 Å². The van der Waals surface area contributed by atoms with Gasteiger partial charge in [-0.2, -0.15) is 5.10 Å². The predicted octanol–water partition coefficient (Wildman–Crippen LogP) is 2.23. The van der Waals surface area contributed by atoms with Crippen LogP contribution in [0.4, 0.5) is 11.4 Å². The molecule has 0 aliphatic carbocycles. The van der Waals surface area contributed by atoms with Gasteiger partial charge in [-0.25, -0.2) is 0 Å². The van der Waals surface area contributed by atoms with Gasteiger partial charge in [0.15, 0.2) is 0 Å². The highest BCUT2D eigenvalue weighted by atomic mass is 35.5. The first-order chi connectivity index (χ1) is 8.97. The number of aromatic nitrogens is 2. The van der Waals surface area contributed by atoms with Crippen LogP contribution in [-0.2, 0) is 7.05 Å². The number of carbonyl (C=O) groups excluding carboxylic acids is 1. The zero-order valence-electron chi connectivity index (χ0n) is 9.83. The fourth-order valence-electron chi connectivity index (χ4n) is 1.49. The molecule has 0 aliphatic rings. The van der Waals surface area contributed by atoms with Gasteiger partial charge in [-0.3, -0.25) is 19.6 Å². The molecule has 1 N–H and O–H groups in total. The summed E-state index contributed by atoms with van der Waals surface area (Å²) >= 11 is 5.85. The van der Waals surface area contributed by atoms with E-state index in [0.717, 1.165) is 6.07 Å². The maximum Gasteiger partial charge on any atom is 0.270 e. The Morgan fingerprint density at radius 2 is 2.26 bits per heavy atom. The minimum Gasteiger partial charge on any atom is -0.319 e. The molecule has 1 aromatic carbocycles. The second-order valence-electron chi connectivity index (χ2n) is 3.78. The van der Waals surface area contributed by atoms with Crippen molar-refractivity contribution >= 4 is 28.9 Å². The van der Waals surface area contributed by atoms with Gasteiger partial charge in [0.1, 0.15) is 0 Å². The number of anilines is 1. The summed E-state index contributed by atoms with van der Waals surface area (Å²) in [7, 11) is 1.72. The Morgan fingerprint density at radius 1 is 1.53 bits per heavy atom. The molecule has 0 spiro atoms. The van der Waals surface area contributed by atoms with Crippen LogP contribution < -0.4 is 5.32 Å². The lowest BCUT2D eigenvalue weighted by Gasteiger charge is -2.04. The minimum absolute atomic E-state index is 0.0237. The average molecular weight is 281 g/mol. The summed E-state index contributed by atoms with van der Waals surface area (Å²) in [6, 6.07) is 3.68. The van der Waals surface area contributed by atoms with Gasteiger partial charge < -0.3 is 5.32 Å². The van der Waals surface area contributed by atoms with Crippen molar-refractivity contribution in [3.63, 3.8) is 0 Å². The third kappa shape index (κ3) is 2.89. The number of halogens is 1. The first-order valence-electron chi connectivity index (χ1n) is 5.21. The minimum atomic E-state index is -0.575. The maximum atomic E-state index is 11.9. The number of carbonyl (C=O) groups is 1. The van der Waals surface area contributed by atoms with Gasteiger partial charge in [-0.15, -0.1) is 0 Å². The van der Waals surface area contributed by atoms with E-state index >= 15 is 0 Å². The molecule has 8 heteroatoms. The van der Waals surface area contributed by atoms with E-state index in [-0.39, 0.29) is 16.3 Å². The summed E-state index contributed by atoms with van der Waals surface area (Å²) < 4.78 is 1.53. The molecule has 0 radical (unpaired) electrons. The van der Waals surface area contributed by atoms with Crippen LogP contribution in [0.2, 0.25) is 5.02 Å². The van der Waals surface area contributed by atoms with Gasteiger partial charge in [0.05, 0.1) is 27.4 Å². The Morgan fingerprint density at radius 3 is 2.79 bits per heavy atom. The number of nitrogens with one attached hydrogen (secondary N) is 1. The summed E-state index contributed by atoms with van der Waals surface area (Å²) in [4.78, 5) is 21.9. The average Bonchev–Trinajstić information content (AvgIpc) is 2.74. The van der Waals surface area contributed by atoms with Crippen LogP contribution in [-0.4, -0.2) is 20.6 Å². The quantitative estimate of drug-likeness (QED) is 0.689. The molecule has 0 bridgehead atoms. The van der Waals surface area contributed by atoms with E-state index in [1.54, 1.807) is 13.2 Å². The van der Waals surface area contributed by atoms with Gasteiger partial charge in [0.25, 0.3) is 11.6 Å². The molecular formula is C11H9ClN4O3. The second-order valence-corrected chi connectivity index (χ2v) is 4.19. The molecule has 2 aromatic rings. The summed E-state index contributed by atoms with van der Waals surface area (Å²) in [6.07, 6.45) is 3.11. The van der Waals surface area contributed by atoms with E-state index in [1.165, 1.54) is 23.0 Å². The van der Waals surface area contributed by atoms with Crippen molar-refractivity contribution in [1.82, 2.24) is 9.78 Å². The number of benzene rings is 1. The first kappa shape index (κ1) is 13.0. The van der Waals surface area contributed by atoms with Gasteiger partial charge in [0, 0.05) is 25.4 Å². The topological polar surface area (TPSA) is 90.1 Å². The molecule has 0 saturated carbocycles. The lowest BCUT2D eigenvalue weighted by atomic mass is 10.2. The number of rotatable bonds is 3. The van der Waals surface area contributed by atoms with E-state index < -0.39 is 10.8 Å². The molecule has 7 nitrogen and oxygen atoms in total. The Labute approximate surface area is 112 Å². The first-order valence-corrected chi connectivity index (χ1v) is 5.59. The molecule has 1 aromatic heterocycles. The SMILES string of the molecule is Cn1cc(NC(=O)c2ccc([N+](=O)[O-])cc2Cl)cn1. The number of nitro groups is 1. The van der Waals surface area contributed by atoms with Crippen LogP contribution in [0.1, 0.15) is 10.4 Å². The maximum absolute atomic E-state index is 11.9. The molecule has 0 unspecified atom stereocenters. The molecule has 98 valence electrons. The van der Waals surface area contributed by atoms with Crippen LogP contribution >= 0.6 is 11.6 Å². The summed E-state index contributed by atoms with van der Waals surface area (Å²) in [5.74, 6) is -0.451. The number of non-ortho nitro benzene ring substituents is 1. The number of hydrogen-bond acceptors (Lipinski definition) is 4. The van der Waals surface area contributed by atoms with E-state index in [4.69, 9.17) is 11.6 Å². The van der Waals surface area contributed by atoms with Crippen molar-refractivity contribution in [3.05, 3.63) is 51.3 Å². The van der Waals surface area contributed by atoms with E-state index in [1.807, 2.05) is 0 Å². The molecule has 2 rings (SSSR count). The number of amides is 1. The van der Waals surface area contributed by atoms with Crippen LogP contribution in [0.25, 0.3) is 0 Å². The zero-order valence-corrected chi connectivity index (χ0v) is 10.6. The lowest BCUT2D eigenvalue weighted by molar-refractivity contribution is -0.384. The predicted molar refractivity (Wildman–Crippen MR) is 69.3 cm³/mol. The molecule has 1 heterocycles. The zero-order chi connectivity index (χ0) is 14.0. The highest BCUT2D eigenvalue weighted by Gasteiger charge is 2.15. The number of aryl methyl sites for hydroxylation is 1. The second kappa shape index (κ2) is 5.07. The van der Waals surface area contributed by atoms with Crippen molar-refractivity contribution in [2.75, 3.05) is 5.32 Å². The van der Waals surface area contributed by atoms with Crippen LogP contribution in [0.3, 0.4) is 0 Å². The van der Waals surface area contributed by atoms with Gasteiger partial charge in [-0.05, 0) is 6.07 Å². The van der Waals surface area contributed by atoms with E-state index in [2.05, 4.69) is 10.4 Å². The van der Waals surface area contributed by atoms with Crippen LogP contribution in [0.15, 0.2) is 30.6 Å². The van der Waals surface area contributed by atoms with Crippen molar-refractivity contribution in [2.45, 2.75) is 0 Å². The molecule has 1 amide bonds. The Hall–Kier alpha value is -2.41. The molecule has 19 heavy (non-hydrogen) atoms. The third-order valence-corrected chi connectivity index (χ3v) is 2.68. The third-order valence-electron chi connectivity index (χ3n) is 2.37. The number of nitro benzene ring substituents is 1. The Balaban J connectivity index is 2.22. The standard InChI is InChI=1S/C11H9ClN4O3/c1-15-6-7(5-13-15)14-11(17)9-3-2-8(16(18)19)4-10(9)12/h2-6H,1H3,(H,14,17). The van der Waals surface area contributed by atoms with Crippen LogP contribution in [0, 0.1) is 10.1 Å². The largest absolute Gasteiger partial charge is 0.319 e. The Bertz CT molecular complexity index is 653. The van der Waals surface area contributed by atoms with E-state index in [0.29, 0.717) is 5.69 Å². The smallest absolute Gasteiger partial charge is 0.270 e. The van der Waals surface area contributed by atoms with Crippen molar-refractivity contribution in [1.29, 1.82) is 0 Å². The van der Waals surface area contributed by atoms with E-state index in [9.17, 15) is 14.9 Å². The van der Waals surface area contributed by atoms with Crippen molar-refractivity contribution < 1.29 is 9.72 Å². The summed E-state index contributed by atoms with van der Waals surface area (Å²) in [6.45, 7) is 0. The summed E-state index contributed by atoms with van der Waals surface area (Å²) in [5, 5.41) is 17.1. The van der Waals surface area contributed by atoms with Crippen molar-refractivity contribution in [2.24, 2.45) is 7.05 Å². The van der Waals surface area contributed by atoms with Crippen LogP contribution in [0.5, 0.6) is 0 Å².